The number of aryl methyl sites for hydroxylation is 1. The van der Waals surface area contributed by atoms with Gasteiger partial charge < -0.3 is 15.7 Å². The summed E-state index contributed by atoms with van der Waals surface area (Å²) in [6, 6.07) is 15.6. The SMILES string of the molecule is Cc1cccc(CCNC(=O)NCc2ccccc2CO)c1. The maximum absolute atomic E-state index is 11.8. The molecule has 0 heterocycles. The average molecular weight is 298 g/mol. The van der Waals surface area contributed by atoms with Crippen LogP contribution in [0.4, 0.5) is 4.79 Å². The number of aliphatic hydroxyl groups excluding tert-OH is 1. The summed E-state index contributed by atoms with van der Waals surface area (Å²) < 4.78 is 0. The van der Waals surface area contributed by atoms with Crippen LogP contribution in [0.15, 0.2) is 48.5 Å². The summed E-state index contributed by atoms with van der Waals surface area (Å²) in [5, 5.41) is 14.9. The smallest absolute Gasteiger partial charge is 0.315 e. The summed E-state index contributed by atoms with van der Waals surface area (Å²) in [7, 11) is 0. The number of nitrogens with one attached hydrogen (secondary N) is 2. The number of hydrogen-bond donors (Lipinski definition) is 3. The molecular formula is C18H22N2O2. The van der Waals surface area contributed by atoms with Gasteiger partial charge in [0.15, 0.2) is 0 Å². The van der Waals surface area contributed by atoms with Crippen LogP contribution in [0.3, 0.4) is 0 Å². The Kier molecular flexibility index (Phi) is 5.98. The molecule has 116 valence electrons. The molecule has 0 saturated carbocycles. The Morgan fingerprint density at radius 2 is 1.82 bits per heavy atom. The van der Waals surface area contributed by atoms with Gasteiger partial charge in [0, 0.05) is 13.1 Å². The zero-order chi connectivity index (χ0) is 15.8. The van der Waals surface area contributed by atoms with Crippen LogP contribution in [0.2, 0.25) is 0 Å². The highest BCUT2D eigenvalue weighted by molar-refractivity contribution is 5.73. The van der Waals surface area contributed by atoms with Crippen LogP contribution >= 0.6 is 0 Å². The van der Waals surface area contributed by atoms with E-state index in [0.29, 0.717) is 13.1 Å². The molecule has 0 aromatic heterocycles. The van der Waals surface area contributed by atoms with Crippen molar-refractivity contribution in [3.05, 3.63) is 70.8 Å². The predicted octanol–water partition coefficient (Wildman–Crippen LogP) is 2.53. The molecule has 0 aliphatic carbocycles. The number of hydrogen-bond acceptors (Lipinski definition) is 2. The van der Waals surface area contributed by atoms with Crippen molar-refractivity contribution in [1.29, 1.82) is 0 Å². The molecule has 0 saturated heterocycles. The lowest BCUT2D eigenvalue weighted by Gasteiger charge is -2.10. The van der Waals surface area contributed by atoms with E-state index in [2.05, 4.69) is 35.8 Å². The van der Waals surface area contributed by atoms with Crippen LogP contribution in [-0.2, 0) is 19.6 Å². The molecule has 0 spiro atoms. The van der Waals surface area contributed by atoms with Gasteiger partial charge in [0.2, 0.25) is 0 Å². The average Bonchev–Trinajstić information content (AvgIpc) is 2.53. The maximum Gasteiger partial charge on any atom is 0.315 e. The van der Waals surface area contributed by atoms with Crippen LogP contribution < -0.4 is 10.6 Å². The maximum atomic E-state index is 11.8. The fourth-order valence-electron chi connectivity index (χ4n) is 2.31. The van der Waals surface area contributed by atoms with Crippen molar-refractivity contribution in [3.63, 3.8) is 0 Å². The number of carbonyl (C=O) groups excluding carboxylic acids is 1. The number of aliphatic hydroxyl groups is 1. The van der Waals surface area contributed by atoms with Gasteiger partial charge in [-0.2, -0.15) is 0 Å². The molecule has 0 fully saturated rings. The first kappa shape index (κ1) is 16.0. The van der Waals surface area contributed by atoms with Gasteiger partial charge >= 0.3 is 6.03 Å². The molecule has 0 radical (unpaired) electrons. The lowest BCUT2D eigenvalue weighted by atomic mass is 10.1. The Labute approximate surface area is 131 Å². The number of rotatable bonds is 6. The molecule has 0 bridgehead atoms. The minimum atomic E-state index is -0.194. The first-order valence-corrected chi connectivity index (χ1v) is 7.44. The third-order valence-corrected chi connectivity index (χ3v) is 3.51. The first-order valence-electron chi connectivity index (χ1n) is 7.44. The largest absolute Gasteiger partial charge is 0.392 e. The van der Waals surface area contributed by atoms with E-state index in [-0.39, 0.29) is 12.6 Å². The topological polar surface area (TPSA) is 61.4 Å². The number of urea groups is 1. The molecule has 2 aromatic carbocycles. The van der Waals surface area contributed by atoms with E-state index < -0.39 is 0 Å². The quantitative estimate of drug-likeness (QED) is 0.767. The van der Waals surface area contributed by atoms with Crippen molar-refractivity contribution in [1.82, 2.24) is 10.6 Å². The van der Waals surface area contributed by atoms with Crippen molar-refractivity contribution in [2.75, 3.05) is 6.54 Å². The number of benzene rings is 2. The molecule has 3 N–H and O–H groups in total. The van der Waals surface area contributed by atoms with Gasteiger partial charge in [0.1, 0.15) is 0 Å². The van der Waals surface area contributed by atoms with Crippen molar-refractivity contribution < 1.29 is 9.90 Å². The third-order valence-electron chi connectivity index (χ3n) is 3.51. The monoisotopic (exact) mass is 298 g/mol. The van der Waals surface area contributed by atoms with Gasteiger partial charge in [-0.1, -0.05) is 54.1 Å². The second-order valence-corrected chi connectivity index (χ2v) is 5.28. The molecule has 2 amide bonds. The molecule has 0 aliphatic rings. The first-order chi connectivity index (χ1) is 10.7. The molecule has 0 aliphatic heterocycles. The predicted molar refractivity (Wildman–Crippen MR) is 87.5 cm³/mol. The molecule has 0 unspecified atom stereocenters. The van der Waals surface area contributed by atoms with Crippen molar-refractivity contribution in [3.8, 4) is 0 Å². The van der Waals surface area contributed by atoms with E-state index in [1.807, 2.05) is 30.3 Å². The Hall–Kier alpha value is -2.33. The van der Waals surface area contributed by atoms with E-state index in [9.17, 15) is 9.90 Å². The van der Waals surface area contributed by atoms with Gasteiger partial charge in [-0.25, -0.2) is 4.79 Å². The second kappa shape index (κ2) is 8.20. The van der Waals surface area contributed by atoms with Crippen LogP contribution in [0.5, 0.6) is 0 Å². The highest BCUT2D eigenvalue weighted by Crippen LogP contribution is 2.08. The van der Waals surface area contributed by atoms with E-state index in [1.54, 1.807) is 0 Å². The van der Waals surface area contributed by atoms with E-state index >= 15 is 0 Å². The highest BCUT2D eigenvalue weighted by atomic mass is 16.3. The Morgan fingerprint density at radius 3 is 2.55 bits per heavy atom. The molecule has 2 aromatic rings. The van der Waals surface area contributed by atoms with E-state index in [4.69, 9.17) is 0 Å². The second-order valence-electron chi connectivity index (χ2n) is 5.28. The van der Waals surface area contributed by atoms with Crippen molar-refractivity contribution in [2.45, 2.75) is 26.5 Å². The van der Waals surface area contributed by atoms with Gasteiger partial charge in [0.05, 0.1) is 6.61 Å². The summed E-state index contributed by atoms with van der Waals surface area (Å²) >= 11 is 0. The fourth-order valence-corrected chi connectivity index (χ4v) is 2.31. The van der Waals surface area contributed by atoms with Gasteiger partial charge in [-0.3, -0.25) is 0 Å². The normalized spacial score (nSPS) is 10.3. The highest BCUT2D eigenvalue weighted by Gasteiger charge is 2.03. The molecule has 4 nitrogen and oxygen atoms in total. The van der Waals surface area contributed by atoms with Gasteiger partial charge in [0.25, 0.3) is 0 Å². The molecule has 22 heavy (non-hydrogen) atoms. The van der Waals surface area contributed by atoms with Crippen molar-refractivity contribution in [2.24, 2.45) is 0 Å². The molecular weight excluding hydrogens is 276 g/mol. The fraction of sp³-hybridized carbons (Fsp3) is 0.278. The summed E-state index contributed by atoms with van der Waals surface area (Å²) in [5.74, 6) is 0. The standard InChI is InChI=1S/C18H22N2O2/c1-14-5-4-6-15(11-14)9-10-19-18(22)20-12-16-7-2-3-8-17(16)13-21/h2-8,11,21H,9-10,12-13H2,1H3,(H2,19,20,22). The summed E-state index contributed by atoms with van der Waals surface area (Å²) in [6.07, 6.45) is 0.808. The lowest BCUT2D eigenvalue weighted by Crippen LogP contribution is -2.36. The number of amides is 2. The Balaban J connectivity index is 1.74. The van der Waals surface area contributed by atoms with Crippen LogP contribution in [-0.4, -0.2) is 17.7 Å². The minimum absolute atomic E-state index is 0.0210. The van der Waals surface area contributed by atoms with Gasteiger partial charge in [-0.15, -0.1) is 0 Å². The van der Waals surface area contributed by atoms with Crippen LogP contribution in [0, 0.1) is 6.92 Å². The summed E-state index contributed by atoms with van der Waals surface area (Å²) in [4.78, 5) is 11.8. The zero-order valence-corrected chi connectivity index (χ0v) is 12.8. The molecule has 4 heteroatoms. The minimum Gasteiger partial charge on any atom is -0.392 e. The summed E-state index contributed by atoms with van der Waals surface area (Å²) in [6.45, 7) is 3.04. The summed E-state index contributed by atoms with van der Waals surface area (Å²) in [5.41, 5.74) is 4.20. The molecule has 2 rings (SSSR count). The number of carbonyl (C=O) groups is 1. The van der Waals surface area contributed by atoms with Gasteiger partial charge in [-0.05, 0) is 30.0 Å². The van der Waals surface area contributed by atoms with Crippen molar-refractivity contribution >= 4 is 6.03 Å². The van der Waals surface area contributed by atoms with Crippen LogP contribution in [0.1, 0.15) is 22.3 Å². The van der Waals surface area contributed by atoms with E-state index in [1.165, 1.54) is 11.1 Å². The third kappa shape index (κ3) is 4.90. The van der Waals surface area contributed by atoms with Crippen LogP contribution in [0.25, 0.3) is 0 Å². The lowest BCUT2D eigenvalue weighted by molar-refractivity contribution is 0.240. The Bertz CT molecular complexity index is 626. The zero-order valence-electron chi connectivity index (χ0n) is 12.8. The van der Waals surface area contributed by atoms with E-state index in [0.717, 1.165) is 17.5 Å². The Morgan fingerprint density at radius 1 is 1.05 bits per heavy atom. The molecule has 0 atom stereocenters.